The molecule has 0 atom stereocenters. The summed E-state index contributed by atoms with van der Waals surface area (Å²) in [6, 6.07) is 16.8. The molecule has 2 aromatic carbocycles. The molecule has 0 saturated carbocycles. The van der Waals surface area contributed by atoms with E-state index in [1.807, 2.05) is 31.4 Å². The van der Waals surface area contributed by atoms with E-state index in [0.717, 1.165) is 47.0 Å². The molecule has 0 spiro atoms. The smallest absolute Gasteiger partial charge is 0.0649 e. The van der Waals surface area contributed by atoms with Gasteiger partial charge < -0.3 is 20.9 Å². The molecule has 5 heteroatoms. The van der Waals surface area contributed by atoms with Crippen LogP contribution >= 0.6 is 0 Å². The minimum absolute atomic E-state index is 0.793. The van der Waals surface area contributed by atoms with E-state index in [-0.39, 0.29) is 0 Å². The largest absolute Gasteiger partial charge is 0.388 e. The normalized spacial score (nSPS) is 14.7. The Labute approximate surface area is 198 Å². The number of nitrogens with one attached hydrogen (secondary N) is 3. The van der Waals surface area contributed by atoms with Crippen LogP contribution in [-0.4, -0.2) is 39.1 Å². The van der Waals surface area contributed by atoms with Gasteiger partial charge in [0.15, 0.2) is 0 Å². The summed E-state index contributed by atoms with van der Waals surface area (Å²) in [5.74, 6) is 0. The predicted octanol–water partition coefficient (Wildman–Crippen LogP) is 6.63. The number of benzene rings is 2. The molecule has 172 valence electrons. The average Bonchev–Trinajstić information content (AvgIpc) is 2.88. The summed E-state index contributed by atoms with van der Waals surface area (Å²) in [6.07, 6.45) is 10.7. The van der Waals surface area contributed by atoms with Crippen LogP contribution in [0.2, 0.25) is 0 Å². The summed E-state index contributed by atoms with van der Waals surface area (Å²) in [7, 11) is 3.66. The first-order chi connectivity index (χ1) is 16.1. The third-order valence-corrected chi connectivity index (χ3v) is 5.29. The second-order valence-electron chi connectivity index (χ2n) is 7.22. The lowest BCUT2D eigenvalue weighted by atomic mass is 10.00. The zero-order valence-corrected chi connectivity index (χ0v) is 20.1. The first-order valence-corrected chi connectivity index (χ1v) is 11.2. The molecular formula is C28H35N5. The Hall–Kier alpha value is -3.86. The number of nitrogens with zero attached hydrogens (tertiary/aromatic N) is 2. The van der Waals surface area contributed by atoms with Gasteiger partial charge in [0.05, 0.1) is 5.71 Å². The monoisotopic (exact) mass is 441 g/mol. The van der Waals surface area contributed by atoms with Gasteiger partial charge in [-0.15, -0.1) is 0 Å². The predicted molar refractivity (Wildman–Crippen MR) is 147 cm³/mol. The maximum atomic E-state index is 7.19. The Morgan fingerprint density at radius 3 is 1.97 bits per heavy atom. The number of anilines is 4. The number of aliphatic imine (C=N–C) groups is 1. The fourth-order valence-corrected chi connectivity index (χ4v) is 3.39. The van der Waals surface area contributed by atoms with E-state index in [9.17, 15) is 0 Å². The molecular weight excluding hydrogens is 406 g/mol. The summed E-state index contributed by atoms with van der Waals surface area (Å²) < 4.78 is 0. The molecule has 0 unspecified atom stereocenters. The summed E-state index contributed by atoms with van der Waals surface area (Å²) >= 11 is 0. The van der Waals surface area contributed by atoms with Gasteiger partial charge in [0.1, 0.15) is 0 Å². The number of rotatable bonds is 8. The van der Waals surface area contributed by atoms with E-state index in [1.165, 1.54) is 11.9 Å². The van der Waals surface area contributed by atoms with Crippen LogP contribution in [0.3, 0.4) is 0 Å². The molecule has 0 heterocycles. The summed E-state index contributed by atoms with van der Waals surface area (Å²) in [6.45, 7) is 10.1. The van der Waals surface area contributed by atoms with Crippen molar-refractivity contribution < 1.29 is 0 Å². The number of hydrogen-bond donors (Lipinski definition) is 3. The minimum Gasteiger partial charge on any atom is -0.388 e. The zero-order valence-electron chi connectivity index (χ0n) is 20.1. The average molecular weight is 442 g/mol. The Balaban J connectivity index is 0.000000257. The fraction of sp³-hybridized carbons (Fsp3) is 0.214. The molecule has 0 amide bonds. The first-order valence-electron chi connectivity index (χ1n) is 11.2. The number of allylic oxidation sites excluding steroid dienone is 7. The molecule has 33 heavy (non-hydrogen) atoms. The van der Waals surface area contributed by atoms with Gasteiger partial charge in [-0.3, -0.25) is 4.99 Å². The van der Waals surface area contributed by atoms with Crippen molar-refractivity contribution in [2.75, 3.05) is 42.7 Å². The van der Waals surface area contributed by atoms with E-state index in [0.29, 0.717) is 0 Å². The van der Waals surface area contributed by atoms with Gasteiger partial charge in [-0.1, -0.05) is 30.9 Å². The van der Waals surface area contributed by atoms with E-state index in [1.54, 1.807) is 13.1 Å². The zero-order chi connectivity index (χ0) is 24.1. The van der Waals surface area contributed by atoms with Crippen LogP contribution in [0.25, 0.3) is 0 Å². The molecule has 3 rings (SSSR count). The van der Waals surface area contributed by atoms with Crippen LogP contribution in [0, 0.1) is 5.41 Å². The molecule has 0 radical (unpaired) electrons. The summed E-state index contributed by atoms with van der Waals surface area (Å²) in [5.41, 5.74) is 7.23. The third kappa shape index (κ3) is 7.35. The second-order valence-corrected chi connectivity index (χ2v) is 7.22. The molecule has 0 saturated heterocycles. The van der Waals surface area contributed by atoms with Crippen molar-refractivity contribution in [3.8, 4) is 0 Å². The molecule has 5 nitrogen and oxygen atoms in total. The quantitative estimate of drug-likeness (QED) is 0.403. The third-order valence-electron chi connectivity index (χ3n) is 5.29. The van der Waals surface area contributed by atoms with Crippen molar-refractivity contribution in [3.05, 3.63) is 96.6 Å². The Bertz CT molecular complexity index is 1010. The van der Waals surface area contributed by atoms with Crippen molar-refractivity contribution in [1.29, 1.82) is 5.41 Å². The van der Waals surface area contributed by atoms with Gasteiger partial charge in [0.2, 0.25) is 0 Å². The number of hydrogen-bond acceptors (Lipinski definition) is 5. The lowest BCUT2D eigenvalue weighted by molar-refractivity contribution is 0.866. The van der Waals surface area contributed by atoms with Crippen molar-refractivity contribution >= 4 is 34.7 Å². The van der Waals surface area contributed by atoms with E-state index in [4.69, 9.17) is 5.41 Å². The van der Waals surface area contributed by atoms with Crippen LogP contribution in [-0.2, 0) is 0 Å². The highest BCUT2D eigenvalue weighted by Crippen LogP contribution is 2.22. The van der Waals surface area contributed by atoms with Crippen molar-refractivity contribution in [2.24, 2.45) is 4.99 Å². The lowest BCUT2D eigenvalue weighted by Crippen LogP contribution is -2.21. The Morgan fingerprint density at radius 2 is 1.48 bits per heavy atom. The van der Waals surface area contributed by atoms with Gasteiger partial charge in [0, 0.05) is 67.3 Å². The molecule has 1 aliphatic rings. The van der Waals surface area contributed by atoms with Gasteiger partial charge in [-0.2, -0.15) is 0 Å². The molecule has 2 aromatic rings. The van der Waals surface area contributed by atoms with E-state index < -0.39 is 0 Å². The minimum atomic E-state index is 0.793. The van der Waals surface area contributed by atoms with Crippen molar-refractivity contribution in [1.82, 2.24) is 0 Å². The maximum absolute atomic E-state index is 7.19. The van der Waals surface area contributed by atoms with Crippen molar-refractivity contribution in [3.63, 3.8) is 0 Å². The molecule has 0 fully saturated rings. The molecule has 3 N–H and O–H groups in total. The molecule has 0 aromatic heterocycles. The highest BCUT2D eigenvalue weighted by Gasteiger charge is 2.06. The Morgan fingerprint density at radius 1 is 0.939 bits per heavy atom. The lowest BCUT2D eigenvalue weighted by Gasteiger charge is -2.21. The van der Waals surface area contributed by atoms with Crippen LogP contribution in [0.15, 0.2) is 102 Å². The Kier molecular flexibility index (Phi) is 10.4. The van der Waals surface area contributed by atoms with Crippen LogP contribution in [0.1, 0.15) is 13.8 Å². The highest BCUT2D eigenvalue weighted by molar-refractivity contribution is 6.14. The van der Waals surface area contributed by atoms with Crippen LogP contribution in [0.4, 0.5) is 22.7 Å². The summed E-state index contributed by atoms with van der Waals surface area (Å²) in [5, 5.41) is 13.7. The van der Waals surface area contributed by atoms with Crippen LogP contribution < -0.4 is 15.5 Å². The highest BCUT2D eigenvalue weighted by atomic mass is 15.1. The first kappa shape index (κ1) is 25.4. The van der Waals surface area contributed by atoms with Gasteiger partial charge >= 0.3 is 0 Å². The van der Waals surface area contributed by atoms with Gasteiger partial charge in [-0.05, 0) is 68.5 Å². The SMILES string of the molecule is C=C/C(C=N)=C1/C=CC=CC1=NC.CCN(CC)c1ccc(Nc2ccc(NC)cc2)cc1. The summed E-state index contributed by atoms with van der Waals surface area (Å²) in [4.78, 5) is 6.45. The van der Waals surface area contributed by atoms with E-state index in [2.05, 4.69) is 89.5 Å². The molecule has 0 aliphatic heterocycles. The van der Waals surface area contributed by atoms with Gasteiger partial charge in [-0.25, -0.2) is 0 Å². The molecule has 1 aliphatic carbocycles. The molecule has 0 bridgehead atoms. The van der Waals surface area contributed by atoms with Gasteiger partial charge in [0.25, 0.3) is 0 Å². The second kappa shape index (κ2) is 13.5. The maximum Gasteiger partial charge on any atom is 0.0649 e. The van der Waals surface area contributed by atoms with E-state index >= 15 is 0 Å². The standard InChI is InChI=1S/C17H23N3.C11H12N2/c1-4-20(5-2)17-12-10-16(11-13-17)19-15-8-6-14(18-3)7-9-15;1-3-9(8-12)10-6-4-5-7-11(10)13-2/h6-13,18-19H,4-5H2,1-3H3;3-8,12H,1H2,2H3/b;10-9+,12-8?,13-11?. The fourth-order valence-electron chi connectivity index (χ4n) is 3.39. The van der Waals surface area contributed by atoms with Crippen LogP contribution in [0.5, 0.6) is 0 Å². The van der Waals surface area contributed by atoms with Crippen molar-refractivity contribution in [2.45, 2.75) is 13.8 Å². The topological polar surface area (TPSA) is 63.5 Å².